The highest BCUT2D eigenvalue weighted by molar-refractivity contribution is 5.92. The Hall–Kier alpha value is -6.42. The van der Waals surface area contributed by atoms with Gasteiger partial charge in [-0.25, -0.2) is 14.8 Å². The van der Waals surface area contributed by atoms with Gasteiger partial charge in [-0.3, -0.25) is 14.4 Å². The Kier molecular flexibility index (Phi) is 14.7. The van der Waals surface area contributed by atoms with Gasteiger partial charge in [0.05, 0.1) is 18.5 Å². The zero-order valence-electron chi connectivity index (χ0n) is 32.2. The number of carbonyl (C=O) groups is 4. The third-order valence-corrected chi connectivity index (χ3v) is 8.75. The van der Waals surface area contributed by atoms with Crippen molar-refractivity contribution in [3.05, 3.63) is 106 Å². The zero-order chi connectivity index (χ0) is 40.5. The van der Waals surface area contributed by atoms with Crippen molar-refractivity contribution >= 4 is 23.7 Å². The Morgan fingerprint density at radius 2 is 1.14 bits per heavy atom. The summed E-state index contributed by atoms with van der Waals surface area (Å²) in [5, 5.41) is 27.8. The minimum Gasteiger partial charge on any atom is -0.464 e. The van der Waals surface area contributed by atoms with Crippen LogP contribution in [0.5, 0.6) is 0 Å². The number of methoxy groups -OCH3 is 1. The summed E-state index contributed by atoms with van der Waals surface area (Å²) in [7, 11) is 5.60. The number of likely N-dealkylation sites (N-methyl/N-ethyl adjacent to an activating group) is 2. The maximum atomic E-state index is 12.0. The molecule has 14 nitrogen and oxygen atoms in total. The van der Waals surface area contributed by atoms with Gasteiger partial charge < -0.3 is 41.7 Å². The minimum atomic E-state index is -1.63. The van der Waals surface area contributed by atoms with Crippen LogP contribution < -0.4 is 11.9 Å². The van der Waals surface area contributed by atoms with E-state index >= 15 is 0 Å². The van der Waals surface area contributed by atoms with E-state index in [1.54, 1.807) is 50.5 Å². The molecule has 3 amide bonds. The third kappa shape index (κ3) is 10.4. The number of rotatable bonds is 4. The topological polar surface area (TPSA) is 231 Å². The van der Waals surface area contributed by atoms with Crippen molar-refractivity contribution in [2.45, 2.75) is 37.9 Å². The molecule has 14 heteroatoms. The maximum Gasteiger partial charge on any atom is 0.356 e. The normalized spacial score (nSPS) is 18.1. The average Bonchev–Trinajstić information content (AvgIpc) is 3.60. The summed E-state index contributed by atoms with van der Waals surface area (Å²) in [6.45, 7) is 4.69. The molecule has 2 aliphatic heterocycles. The number of nitrogens with two attached hydrogens (primary N) is 1. The van der Waals surface area contributed by atoms with Gasteiger partial charge in [-0.15, -0.1) is 0 Å². The number of hydrogen-bond donors (Lipinski definition) is 5. The summed E-state index contributed by atoms with van der Waals surface area (Å²) in [4.78, 5) is 58.8. The fourth-order valence-electron chi connectivity index (χ4n) is 5.77. The van der Waals surface area contributed by atoms with Gasteiger partial charge in [-0.05, 0) is 73.5 Å². The molecule has 4 aromatic rings. The van der Waals surface area contributed by atoms with Crippen molar-refractivity contribution in [1.29, 1.82) is 0 Å². The molecule has 0 unspecified atom stereocenters. The van der Waals surface area contributed by atoms with Crippen LogP contribution in [0.3, 0.4) is 0 Å². The molecule has 2 aromatic carbocycles. The minimum absolute atomic E-state index is 0. The summed E-state index contributed by atoms with van der Waals surface area (Å²) in [5.41, 5.74) is 8.30. The van der Waals surface area contributed by atoms with Crippen LogP contribution >= 0.6 is 0 Å². The number of amides is 3. The summed E-state index contributed by atoms with van der Waals surface area (Å²) in [5.74, 6) is 9.31. The fraction of sp³-hybridized carbons (Fsp3) is 0.286. The summed E-state index contributed by atoms with van der Waals surface area (Å²) >= 11 is 0. The van der Waals surface area contributed by atoms with Crippen LogP contribution in [0.2, 0.25) is 0 Å². The Labute approximate surface area is 325 Å². The molecule has 0 aliphatic carbocycles. The number of aryl methyl sites for hydroxylation is 2. The predicted molar refractivity (Wildman–Crippen MR) is 210 cm³/mol. The number of aliphatic hydroxyl groups is 3. The molecule has 292 valence electrons. The number of aliphatic hydroxyl groups excluding tert-OH is 1. The van der Waals surface area contributed by atoms with Crippen molar-refractivity contribution in [3.8, 4) is 46.2 Å². The van der Waals surface area contributed by atoms with E-state index in [4.69, 9.17) is 15.6 Å². The van der Waals surface area contributed by atoms with Gasteiger partial charge in [0.15, 0.2) is 0 Å². The molecule has 2 atom stereocenters. The van der Waals surface area contributed by atoms with E-state index in [1.165, 1.54) is 16.9 Å². The molecule has 56 heavy (non-hydrogen) atoms. The van der Waals surface area contributed by atoms with Crippen LogP contribution in [0.25, 0.3) is 22.5 Å². The standard InChI is InChI=1S/C21H20N2O4.C20H19N3O3.CH4O.H3N/c1-14-11-17(22-18(12-14)19(24)27-3)16-6-4-5-15(13-16)7-8-21(26)9-10-23(2)20(21)25;1-13-10-16(22-17(11-13)18(21)24)15-5-3-4-14(12-15)6-7-20(26)8-9-23(2)19(20)25;1-2;/h4-6,11-13,26H,9-10H2,1-3H3;3-5,10-12,26H,8-9H2,1-2H3,(H2,21,24);2H,1H3;1H3/t21-;20-;;/m00../s1. The first-order chi connectivity index (χ1) is 26.1. The van der Waals surface area contributed by atoms with E-state index in [0.717, 1.165) is 29.4 Å². The van der Waals surface area contributed by atoms with E-state index < -0.39 is 23.1 Å². The molecule has 2 saturated heterocycles. The quantitative estimate of drug-likeness (QED) is 0.150. The summed E-state index contributed by atoms with van der Waals surface area (Å²) in [6, 6.07) is 21.5. The fourth-order valence-corrected chi connectivity index (χ4v) is 5.77. The number of primary amides is 1. The van der Waals surface area contributed by atoms with Gasteiger partial charge in [0.25, 0.3) is 17.7 Å². The lowest BCUT2D eigenvalue weighted by Crippen LogP contribution is -2.37. The monoisotopic (exact) mass is 762 g/mol. The number of carbonyl (C=O) groups excluding carboxylic acids is 4. The summed E-state index contributed by atoms with van der Waals surface area (Å²) < 4.78 is 4.74. The van der Waals surface area contributed by atoms with E-state index in [1.807, 2.05) is 50.2 Å². The lowest BCUT2D eigenvalue weighted by molar-refractivity contribution is -0.138. The lowest BCUT2D eigenvalue weighted by atomic mass is 10.0. The Morgan fingerprint density at radius 1 is 0.732 bits per heavy atom. The Balaban J connectivity index is 0.000000283. The molecule has 4 heterocycles. The number of hydrogen-bond acceptors (Lipinski definition) is 11. The second-order valence-corrected chi connectivity index (χ2v) is 13.0. The lowest BCUT2D eigenvalue weighted by Gasteiger charge is -2.13. The van der Waals surface area contributed by atoms with Crippen LogP contribution in [-0.2, 0) is 14.3 Å². The molecule has 6 rings (SSSR count). The van der Waals surface area contributed by atoms with Crippen molar-refractivity contribution in [3.63, 3.8) is 0 Å². The Morgan fingerprint density at radius 3 is 1.52 bits per heavy atom. The van der Waals surface area contributed by atoms with E-state index in [2.05, 4.69) is 33.6 Å². The van der Waals surface area contributed by atoms with Crippen molar-refractivity contribution < 1.29 is 39.2 Å². The van der Waals surface area contributed by atoms with E-state index in [0.29, 0.717) is 35.6 Å². The molecule has 0 radical (unpaired) electrons. The highest BCUT2D eigenvalue weighted by atomic mass is 16.5. The molecular weight excluding hydrogens is 716 g/mol. The number of pyridine rings is 2. The molecule has 0 saturated carbocycles. The number of aromatic nitrogens is 2. The second-order valence-electron chi connectivity index (χ2n) is 13.0. The first-order valence-electron chi connectivity index (χ1n) is 17.1. The molecule has 2 aromatic heterocycles. The van der Waals surface area contributed by atoms with Gasteiger partial charge >= 0.3 is 5.97 Å². The molecule has 8 N–H and O–H groups in total. The average molecular weight is 763 g/mol. The SMILES string of the molecule is CO.COC(=O)c1cc(C)cc(-c2cccc(C#C[C@]3(O)CCN(C)C3=O)c2)n1.Cc1cc(C(N)=O)nc(-c2cccc(C#C[C@]3(O)CCN(C)C3=O)c2)c1.N. The predicted octanol–water partition coefficient (Wildman–Crippen LogP) is 2.66. The number of benzene rings is 2. The second kappa shape index (κ2) is 18.8. The largest absolute Gasteiger partial charge is 0.464 e. The highest BCUT2D eigenvalue weighted by Crippen LogP contribution is 2.25. The van der Waals surface area contributed by atoms with Crippen LogP contribution in [0.15, 0.2) is 72.8 Å². The van der Waals surface area contributed by atoms with Gasteiger partial charge in [0.2, 0.25) is 11.2 Å². The highest BCUT2D eigenvalue weighted by Gasteiger charge is 2.43. The van der Waals surface area contributed by atoms with E-state index in [9.17, 15) is 29.4 Å². The first kappa shape index (κ1) is 44.0. The number of likely N-dealkylation sites (tertiary alicyclic amines) is 2. The van der Waals surface area contributed by atoms with Crippen molar-refractivity contribution in [2.24, 2.45) is 5.73 Å². The Bertz CT molecular complexity index is 2250. The maximum absolute atomic E-state index is 12.0. The number of nitrogens with zero attached hydrogens (tertiary/aromatic N) is 4. The van der Waals surface area contributed by atoms with Gasteiger partial charge in [-0.1, -0.05) is 47.9 Å². The molecule has 2 aliphatic rings. The van der Waals surface area contributed by atoms with Crippen LogP contribution in [0, 0.1) is 37.5 Å². The van der Waals surface area contributed by atoms with Crippen LogP contribution in [-0.4, -0.2) is 111 Å². The smallest absolute Gasteiger partial charge is 0.356 e. The van der Waals surface area contributed by atoms with Gasteiger partial charge in [0, 0.05) is 69.4 Å². The molecule has 2 fully saturated rings. The molecule has 0 spiro atoms. The van der Waals surface area contributed by atoms with E-state index in [-0.39, 0.29) is 42.2 Å². The first-order valence-corrected chi connectivity index (χ1v) is 17.1. The van der Waals surface area contributed by atoms with Crippen LogP contribution in [0.4, 0.5) is 0 Å². The van der Waals surface area contributed by atoms with Crippen molar-refractivity contribution in [1.82, 2.24) is 25.9 Å². The van der Waals surface area contributed by atoms with Crippen LogP contribution in [0.1, 0.15) is 56.1 Å². The van der Waals surface area contributed by atoms with Gasteiger partial charge in [0.1, 0.15) is 11.4 Å². The number of esters is 1. The number of ether oxygens (including phenoxy) is 1. The molecule has 0 bridgehead atoms. The zero-order valence-corrected chi connectivity index (χ0v) is 32.2. The summed E-state index contributed by atoms with van der Waals surface area (Å²) in [6.07, 6.45) is 0.577. The third-order valence-electron chi connectivity index (χ3n) is 8.75. The van der Waals surface area contributed by atoms with Gasteiger partial charge in [-0.2, -0.15) is 0 Å². The van der Waals surface area contributed by atoms with Crippen molar-refractivity contribution in [2.75, 3.05) is 41.4 Å². The molecular formula is C42H46N6O8.